The molecule has 0 aromatic carbocycles. The molecule has 0 rings (SSSR count). The number of rotatable bonds is 6. The summed E-state index contributed by atoms with van der Waals surface area (Å²) < 4.78 is 13.0. The molecule has 0 bridgehead atoms. The Hall–Kier alpha value is 0.278. The minimum Gasteiger partial charge on any atom is -0.792 e. The van der Waals surface area contributed by atoms with Crippen LogP contribution in [-0.2, 0) is 66.5 Å². The molecule has 0 N–H and O–H groups in total. The van der Waals surface area contributed by atoms with Gasteiger partial charge in [0.25, 0.3) is 0 Å². The SMILES string of the molecule is CC(=O)OCC[S-].COC(=O)CC[S-].COC(=O)CC[S-].[Sb+3]. The van der Waals surface area contributed by atoms with Crippen LogP contribution in [0, 0.1) is 0 Å². The number of ether oxygens (including phenoxy) is 3. The maximum Gasteiger partial charge on any atom is 3.00 e. The largest absolute Gasteiger partial charge is 3.00 e. The third-order valence-corrected chi connectivity index (χ3v) is 2.03. The van der Waals surface area contributed by atoms with E-state index in [1.54, 1.807) is 0 Å². The van der Waals surface area contributed by atoms with Crippen LogP contribution in [0.5, 0.6) is 0 Å². The summed E-state index contributed by atoms with van der Waals surface area (Å²) in [6.45, 7) is 1.73. The van der Waals surface area contributed by atoms with Crippen molar-refractivity contribution in [2.75, 3.05) is 38.1 Å². The summed E-state index contributed by atoms with van der Waals surface area (Å²) >= 11 is 13.5. The van der Waals surface area contributed by atoms with Crippen molar-refractivity contribution in [3.8, 4) is 0 Å². The van der Waals surface area contributed by atoms with E-state index in [9.17, 15) is 14.4 Å². The monoisotopic (exact) mass is 478 g/mol. The Balaban J connectivity index is -0.000000108. The first-order valence-corrected chi connectivity index (χ1v) is 7.64. The number of carbonyl (C=O) groups excluding carboxylic acids is 3. The zero-order valence-corrected chi connectivity index (χ0v) is 17.9. The normalized spacial score (nSPS) is 7.91. The van der Waals surface area contributed by atoms with Gasteiger partial charge in [-0.05, 0) is 0 Å². The molecule has 6 nitrogen and oxygen atoms in total. The van der Waals surface area contributed by atoms with E-state index in [4.69, 9.17) is 0 Å². The second kappa shape index (κ2) is 26.2. The molecular formula is C12H21O6S3Sb. The maximum atomic E-state index is 10.1. The summed E-state index contributed by atoms with van der Waals surface area (Å²) in [6, 6.07) is 0. The van der Waals surface area contributed by atoms with E-state index in [1.165, 1.54) is 21.1 Å². The van der Waals surface area contributed by atoms with Crippen LogP contribution in [0.25, 0.3) is 0 Å². The predicted molar refractivity (Wildman–Crippen MR) is 92.3 cm³/mol. The van der Waals surface area contributed by atoms with Gasteiger partial charge in [0.1, 0.15) is 0 Å². The molecule has 0 aromatic heterocycles. The second-order valence-electron chi connectivity index (χ2n) is 3.10. The van der Waals surface area contributed by atoms with Gasteiger partial charge >= 0.3 is 42.3 Å². The average molecular weight is 479 g/mol. The van der Waals surface area contributed by atoms with Crippen molar-refractivity contribution in [3.63, 3.8) is 0 Å². The zero-order chi connectivity index (χ0) is 17.1. The van der Waals surface area contributed by atoms with Gasteiger partial charge in [0.15, 0.2) is 0 Å². The standard InChI is InChI=1S/3C4H8O2S.Sb/c2*1-6-4(5)2-3-7;1-4(5)6-2-3-7;/h3*7H,2-3H2,1H3;/q;;;+3/p-3. The second-order valence-corrected chi connectivity index (χ2v) is 4.33. The van der Waals surface area contributed by atoms with Crippen molar-refractivity contribution in [1.82, 2.24) is 0 Å². The van der Waals surface area contributed by atoms with E-state index in [1.807, 2.05) is 0 Å². The van der Waals surface area contributed by atoms with E-state index in [-0.39, 0.29) is 42.3 Å². The molecular weight excluding hydrogens is 458 g/mol. The average Bonchev–Trinajstić information content (AvgIpc) is 2.46. The van der Waals surface area contributed by atoms with Crippen molar-refractivity contribution in [3.05, 3.63) is 0 Å². The Kier molecular flexibility index (Phi) is 35.9. The molecule has 10 heteroatoms. The quantitative estimate of drug-likeness (QED) is 0.225. The van der Waals surface area contributed by atoms with Crippen molar-refractivity contribution < 1.29 is 28.6 Å². The van der Waals surface area contributed by atoms with E-state index < -0.39 is 0 Å². The summed E-state index contributed by atoms with van der Waals surface area (Å²) in [4.78, 5) is 30.2. The molecule has 0 saturated carbocycles. The van der Waals surface area contributed by atoms with E-state index in [0.717, 1.165) is 0 Å². The minimum atomic E-state index is -0.259. The van der Waals surface area contributed by atoms with E-state index in [2.05, 4.69) is 52.1 Å². The van der Waals surface area contributed by atoms with Crippen LogP contribution in [0.15, 0.2) is 0 Å². The molecule has 0 fully saturated rings. The van der Waals surface area contributed by atoms with Gasteiger partial charge in [-0.15, -0.1) is 5.75 Å². The van der Waals surface area contributed by atoms with Gasteiger partial charge in [-0.1, -0.05) is 0 Å². The molecule has 0 unspecified atom stereocenters. The van der Waals surface area contributed by atoms with Crippen LogP contribution in [0.1, 0.15) is 19.8 Å². The van der Waals surface area contributed by atoms with Crippen LogP contribution in [0.4, 0.5) is 0 Å². The molecule has 0 atom stereocenters. The van der Waals surface area contributed by atoms with Gasteiger partial charge < -0.3 is 52.1 Å². The van der Waals surface area contributed by atoms with Gasteiger partial charge in [-0.3, -0.25) is 14.4 Å². The van der Waals surface area contributed by atoms with E-state index >= 15 is 0 Å². The molecule has 22 heavy (non-hydrogen) atoms. The number of methoxy groups -OCH3 is 2. The fraction of sp³-hybridized carbons (Fsp3) is 0.750. The molecule has 0 amide bonds. The zero-order valence-electron chi connectivity index (χ0n) is 12.9. The van der Waals surface area contributed by atoms with Crippen molar-refractivity contribution in [2.45, 2.75) is 19.8 Å². The van der Waals surface area contributed by atoms with Crippen LogP contribution in [0.2, 0.25) is 0 Å². The van der Waals surface area contributed by atoms with Gasteiger partial charge in [0.2, 0.25) is 0 Å². The van der Waals surface area contributed by atoms with E-state index in [0.29, 0.717) is 36.7 Å². The third-order valence-electron chi connectivity index (χ3n) is 1.46. The van der Waals surface area contributed by atoms with Crippen molar-refractivity contribution >= 4 is 80.2 Å². The van der Waals surface area contributed by atoms with Crippen LogP contribution < -0.4 is 0 Å². The third kappa shape index (κ3) is 37.0. The molecule has 0 heterocycles. The smallest absolute Gasteiger partial charge is 0.792 e. The predicted octanol–water partition coefficient (Wildman–Crippen LogP) is -0.0916. The fourth-order valence-corrected chi connectivity index (χ4v) is 0.973. The van der Waals surface area contributed by atoms with Crippen LogP contribution in [-0.4, -0.2) is 80.4 Å². The van der Waals surface area contributed by atoms with Gasteiger partial charge in [0, 0.05) is 19.8 Å². The molecule has 128 valence electrons. The number of esters is 3. The molecule has 0 aliphatic carbocycles. The number of hydrogen-bond donors (Lipinski definition) is 0. The molecule has 2 radical (unpaired) electrons. The topological polar surface area (TPSA) is 78.9 Å². The Morgan fingerprint density at radius 2 is 1.18 bits per heavy atom. The summed E-state index contributed by atoms with van der Waals surface area (Å²) in [6.07, 6.45) is 0.706. The van der Waals surface area contributed by atoms with Crippen LogP contribution >= 0.6 is 0 Å². The summed E-state index contributed by atoms with van der Waals surface area (Å²) in [5, 5.41) is 0. The summed E-state index contributed by atoms with van der Waals surface area (Å²) in [7, 11) is 2.71. The Labute approximate surface area is 166 Å². The Morgan fingerprint density at radius 1 is 0.818 bits per heavy atom. The Bertz CT molecular complexity index is 262. The molecule has 0 spiro atoms. The van der Waals surface area contributed by atoms with Gasteiger partial charge in [0.05, 0.1) is 20.8 Å². The first-order chi connectivity index (χ1) is 9.89. The van der Waals surface area contributed by atoms with Gasteiger partial charge in [-0.25, -0.2) is 0 Å². The fourth-order valence-electron chi connectivity index (χ4n) is 0.556. The first kappa shape index (κ1) is 30.2. The number of carbonyl (C=O) groups is 3. The minimum absolute atomic E-state index is 0. The van der Waals surface area contributed by atoms with Crippen molar-refractivity contribution in [1.29, 1.82) is 0 Å². The van der Waals surface area contributed by atoms with Gasteiger partial charge in [-0.2, -0.15) is 11.5 Å². The Morgan fingerprint density at radius 3 is 1.27 bits per heavy atom. The molecule has 0 saturated heterocycles. The maximum absolute atomic E-state index is 10.1. The first-order valence-electron chi connectivity index (χ1n) is 5.90. The number of hydrogen-bond acceptors (Lipinski definition) is 9. The van der Waals surface area contributed by atoms with Crippen molar-refractivity contribution in [2.24, 2.45) is 0 Å². The summed E-state index contributed by atoms with van der Waals surface area (Å²) in [5.74, 6) is 0.675. The molecule has 0 aliphatic heterocycles. The summed E-state index contributed by atoms with van der Waals surface area (Å²) in [5.41, 5.74) is 0. The molecule has 0 aromatic rings. The van der Waals surface area contributed by atoms with Crippen LogP contribution in [0.3, 0.4) is 0 Å². The molecule has 0 aliphatic rings.